The third kappa shape index (κ3) is 5.66. The largest absolute Gasteiger partial charge is 0.371 e. The summed E-state index contributed by atoms with van der Waals surface area (Å²) in [5.41, 5.74) is 1.95. The van der Waals surface area contributed by atoms with Gasteiger partial charge in [0.05, 0.1) is 6.54 Å². The molecule has 2 aromatic carbocycles. The molecule has 1 N–H and O–H groups in total. The molecule has 1 aliphatic rings. The van der Waals surface area contributed by atoms with Crippen molar-refractivity contribution in [3.05, 3.63) is 59.7 Å². The van der Waals surface area contributed by atoms with Crippen LogP contribution in [0.4, 0.5) is 20.2 Å². The maximum absolute atomic E-state index is 13.7. The Morgan fingerprint density at radius 2 is 1.68 bits per heavy atom. The number of nitrogens with one attached hydrogen (secondary N) is 1. The van der Waals surface area contributed by atoms with E-state index in [4.69, 9.17) is 0 Å². The van der Waals surface area contributed by atoms with Gasteiger partial charge < -0.3 is 10.2 Å². The van der Waals surface area contributed by atoms with Crippen molar-refractivity contribution in [2.75, 3.05) is 36.9 Å². The summed E-state index contributed by atoms with van der Waals surface area (Å²) in [6.07, 6.45) is 3.66. The number of nitrogens with zero attached hydrogens (tertiary/aromatic N) is 2. The average Bonchev–Trinajstić information content (AvgIpc) is 2.66. The van der Waals surface area contributed by atoms with Crippen LogP contribution in [0.15, 0.2) is 42.5 Å². The van der Waals surface area contributed by atoms with Crippen LogP contribution in [-0.2, 0) is 11.3 Å². The Morgan fingerprint density at radius 3 is 2.36 bits per heavy atom. The summed E-state index contributed by atoms with van der Waals surface area (Å²) in [6.45, 7) is 2.73. The zero-order valence-corrected chi connectivity index (χ0v) is 16.8. The zero-order chi connectivity index (χ0) is 19.2. The topological polar surface area (TPSA) is 35.6 Å². The molecule has 1 heterocycles. The third-order valence-corrected chi connectivity index (χ3v) is 4.77. The van der Waals surface area contributed by atoms with E-state index in [2.05, 4.69) is 22.3 Å². The van der Waals surface area contributed by atoms with Crippen molar-refractivity contribution in [3.8, 4) is 0 Å². The normalized spacial score (nSPS) is 13.9. The van der Waals surface area contributed by atoms with Crippen LogP contribution in [0, 0.1) is 11.6 Å². The highest BCUT2D eigenvalue weighted by Gasteiger charge is 2.17. The molecule has 1 saturated heterocycles. The number of halogens is 3. The molecule has 152 valence electrons. The molecule has 3 rings (SSSR count). The number of benzene rings is 2. The van der Waals surface area contributed by atoms with E-state index in [1.165, 1.54) is 31.0 Å². The van der Waals surface area contributed by atoms with Crippen molar-refractivity contribution in [2.45, 2.75) is 25.8 Å². The highest BCUT2D eigenvalue weighted by atomic mass is 35.5. The van der Waals surface area contributed by atoms with Gasteiger partial charge >= 0.3 is 0 Å². The second kappa shape index (κ2) is 10.4. The molecular weight excluding hydrogens is 384 g/mol. The van der Waals surface area contributed by atoms with Gasteiger partial charge in [0, 0.05) is 25.3 Å². The molecule has 2 aromatic rings. The molecule has 1 amide bonds. The summed E-state index contributed by atoms with van der Waals surface area (Å²) in [5, 5.41) is 2.33. The first-order valence-corrected chi connectivity index (χ1v) is 9.30. The fourth-order valence-electron chi connectivity index (χ4n) is 3.48. The minimum Gasteiger partial charge on any atom is -0.371 e. The zero-order valence-electron chi connectivity index (χ0n) is 16.0. The predicted molar refractivity (Wildman–Crippen MR) is 111 cm³/mol. The van der Waals surface area contributed by atoms with Gasteiger partial charge in [-0.2, -0.15) is 0 Å². The van der Waals surface area contributed by atoms with Gasteiger partial charge in [-0.25, -0.2) is 8.78 Å². The molecule has 0 aliphatic carbocycles. The van der Waals surface area contributed by atoms with Gasteiger partial charge in [-0.1, -0.05) is 24.3 Å². The van der Waals surface area contributed by atoms with Gasteiger partial charge in [0.15, 0.2) is 0 Å². The SMILES string of the molecule is CN(CC(=O)Nc1c(F)cccc1F)Cc1ccccc1N1CCCCC1.Cl. The van der Waals surface area contributed by atoms with E-state index >= 15 is 0 Å². The van der Waals surface area contributed by atoms with E-state index < -0.39 is 23.2 Å². The number of hydrogen-bond donors (Lipinski definition) is 1. The van der Waals surface area contributed by atoms with Crippen LogP contribution in [0.5, 0.6) is 0 Å². The smallest absolute Gasteiger partial charge is 0.238 e. The molecule has 0 bridgehead atoms. The van der Waals surface area contributed by atoms with Crippen molar-refractivity contribution in [1.29, 1.82) is 0 Å². The van der Waals surface area contributed by atoms with Gasteiger partial charge in [0.1, 0.15) is 17.3 Å². The van der Waals surface area contributed by atoms with Crippen LogP contribution < -0.4 is 10.2 Å². The lowest BCUT2D eigenvalue weighted by Crippen LogP contribution is -2.33. The lowest BCUT2D eigenvalue weighted by Gasteiger charge is -2.31. The number of carbonyl (C=O) groups excluding carboxylic acids is 1. The fraction of sp³-hybridized carbons (Fsp3) is 0.381. The number of piperidine rings is 1. The Morgan fingerprint density at radius 1 is 1.04 bits per heavy atom. The van der Waals surface area contributed by atoms with Crippen LogP contribution in [-0.4, -0.2) is 37.5 Å². The monoisotopic (exact) mass is 409 g/mol. The Hall–Kier alpha value is -2.18. The second-order valence-corrected chi connectivity index (χ2v) is 6.99. The number of likely N-dealkylation sites (N-methyl/N-ethyl adjacent to an activating group) is 1. The van der Waals surface area contributed by atoms with E-state index in [9.17, 15) is 13.6 Å². The van der Waals surface area contributed by atoms with Gasteiger partial charge in [0.2, 0.25) is 5.91 Å². The van der Waals surface area contributed by atoms with Crippen LogP contribution in [0.1, 0.15) is 24.8 Å². The maximum atomic E-state index is 13.7. The van der Waals surface area contributed by atoms with Crippen LogP contribution >= 0.6 is 12.4 Å². The lowest BCUT2D eigenvalue weighted by molar-refractivity contribution is -0.117. The highest BCUT2D eigenvalue weighted by Crippen LogP contribution is 2.25. The third-order valence-electron chi connectivity index (χ3n) is 4.77. The minimum absolute atomic E-state index is 0. The quantitative estimate of drug-likeness (QED) is 0.765. The first-order chi connectivity index (χ1) is 13.0. The summed E-state index contributed by atoms with van der Waals surface area (Å²) < 4.78 is 27.4. The van der Waals surface area contributed by atoms with Crippen molar-refractivity contribution in [2.24, 2.45) is 0 Å². The highest BCUT2D eigenvalue weighted by molar-refractivity contribution is 5.92. The molecule has 0 saturated carbocycles. The summed E-state index contributed by atoms with van der Waals surface area (Å²) in [4.78, 5) is 16.4. The van der Waals surface area contributed by atoms with Crippen LogP contribution in [0.25, 0.3) is 0 Å². The van der Waals surface area contributed by atoms with Crippen molar-refractivity contribution >= 4 is 29.7 Å². The van der Waals surface area contributed by atoms with Gasteiger partial charge in [-0.15, -0.1) is 12.4 Å². The summed E-state index contributed by atoms with van der Waals surface area (Å²) in [7, 11) is 1.82. The van der Waals surface area contributed by atoms with Gasteiger partial charge in [-0.05, 0) is 50.1 Å². The number of anilines is 2. The Kier molecular flexibility index (Phi) is 8.20. The average molecular weight is 410 g/mol. The molecule has 0 spiro atoms. The van der Waals surface area contributed by atoms with Crippen LogP contribution in [0.2, 0.25) is 0 Å². The Labute approximate surface area is 170 Å². The molecule has 0 aromatic heterocycles. The molecule has 28 heavy (non-hydrogen) atoms. The van der Waals surface area contributed by atoms with E-state index in [0.29, 0.717) is 6.54 Å². The van der Waals surface area contributed by atoms with Crippen LogP contribution in [0.3, 0.4) is 0 Å². The Balaban J connectivity index is 0.00000280. The molecule has 0 unspecified atom stereocenters. The van der Waals surface area contributed by atoms with E-state index in [1.54, 1.807) is 0 Å². The van der Waals surface area contributed by atoms with Crippen molar-refractivity contribution < 1.29 is 13.6 Å². The summed E-state index contributed by atoms with van der Waals surface area (Å²) >= 11 is 0. The molecular formula is C21H26ClF2N3O. The molecule has 0 atom stereocenters. The van der Waals surface area contributed by atoms with Gasteiger partial charge in [-0.3, -0.25) is 9.69 Å². The van der Waals surface area contributed by atoms with E-state index in [0.717, 1.165) is 30.8 Å². The molecule has 7 heteroatoms. The van der Waals surface area contributed by atoms with E-state index in [-0.39, 0.29) is 19.0 Å². The maximum Gasteiger partial charge on any atom is 0.238 e. The molecule has 0 radical (unpaired) electrons. The first-order valence-electron chi connectivity index (χ1n) is 9.30. The van der Waals surface area contributed by atoms with Gasteiger partial charge in [0.25, 0.3) is 0 Å². The number of para-hydroxylation sites is 2. The summed E-state index contributed by atoms with van der Waals surface area (Å²) in [6, 6.07) is 11.7. The predicted octanol–water partition coefficient (Wildman–Crippen LogP) is 4.45. The number of hydrogen-bond acceptors (Lipinski definition) is 3. The molecule has 1 aliphatic heterocycles. The minimum atomic E-state index is -0.776. The number of carbonyl (C=O) groups is 1. The molecule has 1 fully saturated rings. The van der Waals surface area contributed by atoms with Crippen molar-refractivity contribution in [3.63, 3.8) is 0 Å². The van der Waals surface area contributed by atoms with E-state index in [1.807, 2.05) is 24.1 Å². The lowest BCUT2D eigenvalue weighted by atomic mass is 10.1. The second-order valence-electron chi connectivity index (χ2n) is 6.99. The Bertz CT molecular complexity index is 777. The summed E-state index contributed by atoms with van der Waals surface area (Å²) in [5.74, 6) is -2.00. The molecule has 4 nitrogen and oxygen atoms in total. The number of rotatable bonds is 6. The fourth-order valence-corrected chi connectivity index (χ4v) is 3.48. The number of amides is 1. The van der Waals surface area contributed by atoms with Crippen molar-refractivity contribution in [1.82, 2.24) is 4.90 Å². The first kappa shape index (κ1) is 22.1. The standard InChI is InChI=1S/C21H25F2N3O.ClH/c1-25(15-20(27)24-21-17(22)9-7-10-18(21)23)14-16-8-3-4-11-19(16)26-12-5-2-6-13-26;/h3-4,7-11H,2,5-6,12-15H2,1H3,(H,24,27);1H.